The molecule has 2 heterocycles. The summed E-state index contributed by atoms with van der Waals surface area (Å²) in [6.07, 6.45) is 3.96. The SMILES string of the molecule is Cc1c[nH]c2c1C=NC2. The van der Waals surface area contributed by atoms with Gasteiger partial charge in [0.25, 0.3) is 0 Å². The molecule has 0 atom stereocenters. The maximum absolute atomic E-state index is 4.12. The fourth-order valence-electron chi connectivity index (χ4n) is 1.13. The highest BCUT2D eigenvalue weighted by molar-refractivity contribution is 5.85. The Morgan fingerprint density at radius 2 is 2.56 bits per heavy atom. The van der Waals surface area contributed by atoms with E-state index in [-0.39, 0.29) is 0 Å². The van der Waals surface area contributed by atoms with E-state index in [1.165, 1.54) is 16.8 Å². The Labute approximate surface area is 53.6 Å². The summed E-state index contributed by atoms with van der Waals surface area (Å²) in [7, 11) is 0. The lowest BCUT2D eigenvalue weighted by Gasteiger charge is -1.83. The predicted octanol–water partition coefficient (Wildman–Crippen LogP) is 1.26. The molecule has 0 fully saturated rings. The third-order valence-corrected chi connectivity index (χ3v) is 1.68. The average molecular weight is 120 g/mol. The number of rotatable bonds is 0. The number of fused-ring (bicyclic) bond motifs is 1. The number of hydrogen-bond donors (Lipinski definition) is 1. The molecule has 1 aromatic heterocycles. The fraction of sp³-hybridized carbons (Fsp3) is 0.286. The molecule has 0 aromatic carbocycles. The summed E-state index contributed by atoms with van der Waals surface area (Å²) < 4.78 is 0. The highest BCUT2D eigenvalue weighted by Gasteiger charge is 2.08. The van der Waals surface area contributed by atoms with Gasteiger partial charge in [0.15, 0.2) is 0 Å². The van der Waals surface area contributed by atoms with Gasteiger partial charge in [-0.2, -0.15) is 0 Å². The maximum Gasteiger partial charge on any atom is 0.0796 e. The zero-order valence-corrected chi connectivity index (χ0v) is 5.31. The molecule has 46 valence electrons. The molecular formula is C7H8N2. The quantitative estimate of drug-likeness (QED) is 0.534. The maximum atomic E-state index is 4.12. The van der Waals surface area contributed by atoms with Gasteiger partial charge >= 0.3 is 0 Å². The van der Waals surface area contributed by atoms with Crippen molar-refractivity contribution >= 4 is 6.21 Å². The van der Waals surface area contributed by atoms with Crippen LogP contribution in [0, 0.1) is 6.92 Å². The van der Waals surface area contributed by atoms with Gasteiger partial charge in [-0.1, -0.05) is 0 Å². The molecule has 1 aromatic rings. The lowest BCUT2D eigenvalue weighted by Crippen LogP contribution is -1.78. The van der Waals surface area contributed by atoms with E-state index in [4.69, 9.17) is 0 Å². The van der Waals surface area contributed by atoms with Crippen molar-refractivity contribution in [3.05, 3.63) is 23.0 Å². The summed E-state index contributed by atoms with van der Waals surface area (Å²) in [6.45, 7) is 2.93. The number of aromatic nitrogens is 1. The van der Waals surface area contributed by atoms with Gasteiger partial charge in [0, 0.05) is 23.7 Å². The first-order valence-electron chi connectivity index (χ1n) is 3.04. The van der Waals surface area contributed by atoms with E-state index in [0.29, 0.717) is 0 Å². The van der Waals surface area contributed by atoms with Gasteiger partial charge < -0.3 is 4.98 Å². The first kappa shape index (κ1) is 4.79. The van der Waals surface area contributed by atoms with Crippen molar-refractivity contribution in [2.75, 3.05) is 0 Å². The lowest BCUT2D eigenvalue weighted by atomic mass is 10.2. The van der Waals surface area contributed by atoms with Crippen LogP contribution < -0.4 is 0 Å². The van der Waals surface area contributed by atoms with Crippen molar-refractivity contribution in [2.45, 2.75) is 13.5 Å². The van der Waals surface area contributed by atoms with Crippen LogP contribution in [-0.4, -0.2) is 11.2 Å². The first-order valence-corrected chi connectivity index (χ1v) is 3.04. The Morgan fingerprint density at radius 3 is 3.33 bits per heavy atom. The minimum atomic E-state index is 0.836. The van der Waals surface area contributed by atoms with Gasteiger partial charge in [0.1, 0.15) is 0 Å². The molecule has 0 aliphatic carbocycles. The Morgan fingerprint density at radius 1 is 1.67 bits per heavy atom. The minimum Gasteiger partial charge on any atom is -0.363 e. The number of aromatic amines is 1. The van der Waals surface area contributed by atoms with E-state index in [0.717, 1.165) is 6.54 Å². The van der Waals surface area contributed by atoms with Crippen LogP contribution in [0.25, 0.3) is 0 Å². The molecule has 9 heavy (non-hydrogen) atoms. The molecule has 0 saturated heterocycles. The Bertz CT molecular complexity index is 258. The zero-order chi connectivity index (χ0) is 6.27. The molecule has 1 aliphatic heterocycles. The molecule has 0 spiro atoms. The summed E-state index contributed by atoms with van der Waals surface area (Å²) in [5, 5.41) is 0. The Balaban J connectivity index is 2.67. The van der Waals surface area contributed by atoms with Crippen molar-refractivity contribution in [3.63, 3.8) is 0 Å². The van der Waals surface area contributed by atoms with Gasteiger partial charge in [0.2, 0.25) is 0 Å². The van der Waals surface area contributed by atoms with Gasteiger partial charge in [0.05, 0.1) is 6.54 Å². The average Bonchev–Trinajstić information content (AvgIpc) is 2.35. The van der Waals surface area contributed by atoms with E-state index in [2.05, 4.69) is 16.9 Å². The van der Waals surface area contributed by atoms with Crippen LogP contribution >= 0.6 is 0 Å². The molecule has 0 saturated carbocycles. The third kappa shape index (κ3) is 0.529. The molecule has 1 N–H and O–H groups in total. The van der Waals surface area contributed by atoms with Gasteiger partial charge in [-0.25, -0.2) is 0 Å². The Hall–Kier alpha value is -1.05. The lowest BCUT2D eigenvalue weighted by molar-refractivity contribution is 1.04. The number of aliphatic imine (C=N–C) groups is 1. The Kier molecular flexibility index (Phi) is 0.781. The van der Waals surface area contributed by atoms with Crippen molar-refractivity contribution in [1.82, 2.24) is 4.98 Å². The van der Waals surface area contributed by atoms with E-state index >= 15 is 0 Å². The van der Waals surface area contributed by atoms with Crippen LogP contribution in [0.15, 0.2) is 11.2 Å². The standard InChI is InChI=1S/C7H8N2/c1-5-2-9-7-4-8-3-6(5)7/h2-3,9H,4H2,1H3. The molecule has 0 unspecified atom stereocenters. The number of aryl methyl sites for hydroxylation is 1. The van der Waals surface area contributed by atoms with Crippen molar-refractivity contribution in [1.29, 1.82) is 0 Å². The van der Waals surface area contributed by atoms with Crippen LogP contribution in [0.1, 0.15) is 16.8 Å². The molecular weight excluding hydrogens is 112 g/mol. The molecule has 2 rings (SSSR count). The van der Waals surface area contributed by atoms with E-state index in [9.17, 15) is 0 Å². The second-order valence-electron chi connectivity index (χ2n) is 2.33. The highest BCUT2D eigenvalue weighted by Crippen LogP contribution is 2.15. The second-order valence-corrected chi connectivity index (χ2v) is 2.33. The van der Waals surface area contributed by atoms with Gasteiger partial charge in [-0.05, 0) is 12.5 Å². The molecule has 0 radical (unpaired) electrons. The van der Waals surface area contributed by atoms with E-state index < -0.39 is 0 Å². The van der Waals surface area contributed by atoms with Crippen molar-refractivity contribution in [2.24, 2.45) is 4.99 Å². The minimum absolute atomic E-state index is 0.836. The largest absolute Gasteiger partial charge is 0.363 e. The summed E-state index contributed by atoms with van der Waals surface area (Å²) in [5.41, 5.74) is 3.84. The van der Waals surface area contributed by atoms with Crippen LogP contribution in [0.4, 0.5) is 0 Å². The number of nitrogens with one attached hydrogen (secondary N) is 1. The van der Waals surface area contributed by atoms with Crippen LogP contribution in [0.3, 0.4) is 0 Å². The number of hydrogen-bond acceptors (Lipinski definition) is 1. The zero-order valence-electron chi connectivity index (χ0n) is 5.31. The molecule has 1 aliphatic rings. The highest BCUT2D eigenvalue weighted by atomic mass is 14.8. The molecule has 0 amide bonds. The summed E-state index contributed by atoms with van der Waals surface area (Å²) in [6, 6.07) is 0. The number of H-pyrrole nitrogens is 1. The normalized spacial score (nSPS) is 14.3. The predicted molar refractivity (Wildman–Crippen MR) is 36.8 cm³/mol. The third-order valence-electron chi connectivity index (χ3n) is 1.68. The van der Waals surface area contributed by atoms with Crippen LogP contribution in [0.2, 0.25) is 0 Å². The van der Waals surface area contributed by atoms with Crippen LogP contribution in [0.5, 0.6) is 0 Å². The van der Waals surface area contributed by atoms with Crippen LogP contribution in [-0.2, 0) is 6.54 Å². The molecule has 2 heteroatoms. The number of nitrogens with zero attached hydrogens (tertiary/aromatic N) is 1. The fourth-order valence-corrected chi connectivity index (χ4v) is 1.13. The summed E-state index contributed by atoms with van der Waals surface area (Å²) in [4.78, 5) is 7.28. The van der Waals surface area contributed by atoms with Gasteiger partial charge in [-0.15, -0.1) is 0 Å². The van der Waals surface area contributed by atoms with Crippen molar-refractivity contribution in [3.8, 4) is 0 Å². The molecule has 0 bridgehead atoms. The first-order chi connectivity index (χ1) is 4.38. The molecule has 2 nitrogen and oxygen atoms in total. The summed E-state index contributed by atoms with van der Waals surface area (Å²) >= 11 is 0. The van der Waals surface area contributed by atoms with Crippen molar-refractivity contribution < 1.29 is 0 Å². The van der Waals surface area contributed by atoms with E-state index in [1.54, 1.807) is 0 Å². The van der Waals surface area contributed by atoms with Gasteiger partial charge in [-0.3, -0.25) is 4.99 Å². The topological polar surface area (TPSA) is 28.1 Å². The van der Waals surface area contributed by atoms with E-state index in [1.807, 2.05) is 12.4 Å². The summed E-state index contributed by atoms with van der Waals surface area (Å²) in [5.74, 6) is 0. The smallest absolute Gasteiger partial charge is 0.0796 e. The monoisotopic (exact) mass is 120 g/mol. The second kappa shape index (κ2) is 1.47.